The van der Waals surface area contributed by atoms with Gasteiger partial charge in [0.2, 0.25) is 5.91 Å². The van der Waals surface area contributed by atoms with E-state index in [1.165, 1.54) is 0 Å². The summed E-state index contributed by atoms with van der Waals surface area (Å²) in [5.41, 5.74) is 0.965. The number of carbonyl (C=O) groups is 1. The number of nitrogens with zero attached hydrogens (tertiary/aromatic N) is 1. The van der Waals surface area contributed by atoms with Crippen molar-refractivity contribution < 1.29 is 4.79 Å². The van der Waals surface area contributed by atoms with Crippen LogP contribution in [-0.2, 0) is 11.3 Å². The molecule has 1 heterocycles. The summed E-state index contributed by atoms with van der Waals surface area (Å²) < 4.78 is 0. The van der Waals surface area contributed by atoms with Gasteiger partial charge < -0.3 is 15.2 Å². The molecule has 0 saturated heterocycles. The molecular formula is C12H19N3O. The highest BCUT2D eigenvalue weighted by atomic mass is 16.2. The van der Waals surface area contributed by atoms with Gasteiger partial charge in [-0.2, -0.15) is 0 Å². The largest absolute Gasteiger partial charge is 0.364 e. The average molecular weight is 221 g/mol. The van der Waals surface area contributed by atoms with Gasteiger partial charge in [-0.1, -0.05) is 0 Å². The van der Waals surface area contributed by atoms with Crippen molar-refractivity contribution in [3.63, 3.8) is 0 Å². The Kier molecular flexibility index (Phi) is 3.01. The molecule has 1 aromatic rings. The molecular weight excluding hydrogens is 202 g/mol. The van der Waals surface area contributed by atoms with Crippen molar-refractivity contribution in [1.29, 1.82) is 0 Å². The fourth-order valence-electron chi connectivity index (χ4n) is 2.15. The number of H-pyrrole nitrogens is 1. The number of hydrogen-bond acceptors (Lipinski definition) is 2. The molecule has 1 aliphatic carbocycles. The van der Waals surface area contributed by atoms with Crippen molar-refractivity contribution in [1.82, 2.24) is 15.2 Å². The fraction of sp³-hybridized carbons (Fsp3) is 0.583. The summed E-state index contributed by atoms with van der Waals surface area (Å²) in [6.07, 6.45) is 3.91. The molecule has 0 bridgehead atoms. The van der Waals surface area contributed by atoms with Crippen molar-refractivity contribution in [3.8, 4) is 0 Å². The molecule has 1 saturated carbocycles. The molecule has 0 aromatic carbocycles. The molecule has 1 amide bonds. The van der Waals surface area contributed by atoms with Crippen molar-refractivity contribution >= 4 is 5.91 Å². The lowest BCUT2D eigenvalue weighted by atomic mass is 10.1. The number of aromatic nitrogens is 1. The first-order valence-corrected chi connectivity index (χ1v) is 5.70. The number of hydrogen-bond donors (Lipinski definition) is 2. The molecule has 88 valence electrons. The normalized spacial score (nSPS) is 17.1. The lowest BCUT2D eigenvalue weighted by Crippen LogP contribution is -2.38. The summed E-state index contributed by atoms with van der Waals surface area (Å²) in [6.45, 7) is 1.46. The molecule has 2 N–H and O–H groups in total. The molecule has 16 heavy (non-hydrogen) atoms. The highest BCUT2D eigenvalue weighted by Crippen LogP contribution is 2.46. The zero-order valence-electron chi connectivity index (χ0n) is 9.92. The van der Waals surface area contributed by atoms with Gasteiger partial charge in [-0.05, 0) is 32.0 Å². The lowest BCUT2D eigenvalue weighted by molar-refractivity contribution is -0.136. The second kappa shape index (κ2) is 4.29. The van der Waals surface area contributed by atoms with Crippen LogP contribution in [0.1, 0.15) is 18.5 Å². The molecule has 0 radical (unpaired) electrons. The summed E-state index contributed by atoms with van der Waals surface area (Å²) in [5, 5.41) is 3.11. The Morgan fingerprint density at radius 1 is 1.62 bits per heavy atom. The number of aromatic amines is 1. The van der Waals surface area contributed by atoms with E-state index in [2.05, 4.69) is 10.3 Å². The molecule has 0 aliphatic heterocycles. The first kappa shape index (κ1) is 11.2. The molecule has 0 unspecified atom stereocenters. The van der Waals surface area contributed by atoms with Crippen LogP contribution < -0.4 is 5.32 Å². The zero-order valence-corrected chi connectivity index (χ0v) is 9.92. The third kappa shape index (κ3) is 2.11. The molecule has 0 atom stereocenters. The van der Waals surface area contributed by atoms with Crippen molar-refractivity contribution in [2.45, 2.75) is 19.4 Å². The monoisotopic (exact) mass is 221 g/mol. The van der Waals surface area contributed by atoms with E-state index >= 15 is 0 Å². The van der Waals surface area contributed by atoms with Crippen LogP contribution in [0, 0.1) is 5.41 Å². The summed E-state index contributed by atoms with van der Waals surface area (Å²) in [6, 6.07) is 3.95. The van der Waals surface area contributed by atoms with E-state index in [-0.39, 0.29) is 11.3 Å². The highest BCUT2D eigenvalue weighted by Gasteiger charge is 2.50. The van der Waals surface area contributed by atoms with E-state index < -0.39 is 0 Å². The first-order valence-electron chi connectivity index (χ1n) is 5.70. The van der Waals surface area contributed by atoms with Crippen LogP contribution in [-0.4, -0.2) is 36.4 Å². The van der Waals surface area contributed by atoms with Crippen LogP contribution in [0.15, 0.2) is 18.3 Å². The third-order valence-corrected chi connectivity index (χ3v) is 3.24. The van der Waals surface area contributed by atoms with Gasteiger partial charge in [-0.3, -0.25) is 4.79 Å². The summed E-state index contributed by atoms with van der Waals surface area (Å²) in [5.74, 6) is 0.261. The molecule has 1 fully saturated rings. The Morgan fingerprint density at radius 3 is 2.88 bits per heavy atom. The number of carbonyl (C=O) groups excluding carboxylic acids is 1. The average Bonchev–Trinajstić information content (AvgIpc) is 2.86. The van der Waals surface area contributed by atoms with E-state index in [1.807, 2.05) is 37.3 Å². The minimum atomic E-state index is -0.115. The van der Waals surface area contributed by atoms with E-state index in [1.54, 1.807) is 0 Å². The van der Waals surface area contributed by atoms with E-state index in [0.29, 0.717) is 6.54 Å². The van der Waals surface area contributed by atoms with Crippen molar-refractivity contribution in [2.75, 3.05) is 20.6 Å². The number of nitrogens with one attached hydrogen (secondary N) is 2. The Morgan fingerprint density at radius 2 is 2.38 bits per heavy atom. The Balaban J connectivity index is 1.94. The minimum absolute atomic E-state index is 0.115. The summed E-state index contributed by atoms with van der Waals surface area (Å²) in [4.78, 5) is 17.1. The second-order valence-electron chi connectivity index (χ2n) is 4.67. The van der Waals surface area contributed by atoms with Crippen molar-refractivity contribution in [3.05, 3.63) is 24.0 Å². The van der Waals surface area contributed by atoms with E-state index in [0.717, 1.165) is 25.1 Å². The smallest absolute Gasteiger partial charge is 0.230 e. The van der Waals surface area contributed by atoms with Crippen LogP contribution in [0.2, 0.25) is 0 Å². The van der Waals surface area contributed by atoms with Gasteiger partial charge >= 0.3 is 0 Å². The highest BCUT2D eigenvalue weighted by molar-refractivity contribution is 5.85. The standard InChI is InChI=1S/C12H19N3O/c1-13-9-12(5-6-12)11(16)15(2)8-10-4-3-7-14-10/h3-4,7,13-14H,5-6,8-9H2,1-2H3. The predicted molar refractivity (Wildman–Crippen MR) is 62.9 cm³/mol. The molecule has 1 aromatic heterocycles. The van der Waals surface area contributed by atoms with Gasteiger partial charge in [-0.15, -0.1) is 0 Å². The van der Waals surface area contributed by atoms with Gasteiger partial charge in [0.05, 0.1) is 12.0 Å². The topological polar surface area (TPSA) is 48.1 Å². The van der Waals surface area contributed by atoms with Gasteiger partial charge in [0, 0.05) is 25.5 Å². The van der Waals surface area contributed by atoms with Crippen LogP contribution >= 0.6 is 0 Å². The van der Waals surface area contributed by atoms with Gasteiger partial charge in [0.1, 0.15) is 0 Å². The molecule has 4 nitrogen and oxygen atoms in total. The van der Waals surface area contributed by atoms with Gasteiger partial charge in [-0.25, -0.2) is 0 Å². The van der Waals surface area contributed by atoms with E-state index in [4.69, 9.17) is 0 Å². The van der Waals surface area contributed by atoms with Crippen LogP contribution in [0.5, 0.6) is 0 Å². The second-order valence-corrected chi connectivity index (χ2v) is 4.67. The Hall–Kier alpha value is -1.29. The van der Waals surface area contributed by atoms with Crippen molar-refractivity contribution in [2.24, 2.45) is 5.41 Å². The zero-order chi connectivity index (χ0) is 11.6. The third-order valence-electron chi connectivity index (χ3n) is 3.24. The quantitative estimate of drug-likeness (QED) is 0.778. The van der Waals surface area contributed by atoms with Gasteiger partial charge in [0.15, 0.2) is 0 Å². The Bertz CT molecular complexity index is 354. The van der Waals surface area contributed by atoms with Crippen LogP contribution in [0.4, 0.5) is 0 Å². The molecule has 1 aliphatic rings. The van der Waals surface area contributed by atoms with Gasteiger partial charge in [0.25, 0.3) is 0 Å². The predicted octanol–water partition coefficient (Wildman–Crippen LogP) is 0.973. The fourth-order valence-corrected chi connectivity index (χ4v) is 2.15. The molecule has 2 rings (SSSR count). The number of amides is 1. The maximum absolute atomic E-state index is 12.2. The van der Waals surface area contributed by atoms with Crippen LogP contribution in [0.3, 0.4) is 0 Å². The van der Waals surface area contributed by atoms with Crippen LogP contribution in [0.25, 0.3) is 0 Å². The first-order chi connectivity index (χ1) is 7.68. The van der Waals surface area contributed by atoms with E-state index in [9.17, 15) is 4.79 Å². The maximum Gasteiger partial charge on any atom is 0.230 e. The molecule has 4 heteroatoms. The lowest BCUT2D eigenvalue weighted by Gasteiger charge is -2.22. The molecule has 0 spiro atoms. The maximum atomic E-state index is 12.2. The minimum Gasteiger partial charge on any atom is -0.364 e. The Labute approximate surface area is 96.0 Å². The summed E-state index contributed by atoms with van der Waals surface area (Å²) >= 11 is 0. The summed E-state index contributed by atoms with van der Waals surface area (Å²) in [7, 11) is 3.78. The SMILES string of the molecule is CNCC1(C(=O)N(C)Cc2ccc[nH]2)CC1. The number of rotatable bonds is 5.